The van der Waals surface area contributed by atoms with Gasteiger partial charge in [-0.3, -0.25) is 4.79 Å². The summed E-state index contributed by atoms with van der Waals surface area (Å²) in [4.78, 5) is 20.8. The number of piperidine rings is 1. The highest BCUT2D eigenvalue weighted by Crippen LogP contribution is 2.28. The maximum absolute atomic E-state index is 12.8. The van der Waals surface area contributed by atoms with Gasteiger partial charge in [0, 0.05) is 42.3 Å². The van der Waals surface area contributed by atoms with Crippen molar-refractivity contribution in [2.24, 2.45) is 5.92 Å². The van der Waals surface area contributed by atoms with Gasteiger partial charge in [-0.1, -0.05) is 41.9 Å². The predicted octanol–water partition coefficient (Wildman–Crippen LogP) is 3.29. The smallest absolute Gasteiger partial charge is 0.246 e. The summed E-state index contributed by atoms with van der Waals surface area (Å²) in [7, 11) is -3.74. The van der Waals surface area contributed by atoms with E-state index in [1.165, 1.54) is 22.6 Å². The van der Waals surface area contributed by atoms with Gasteiger partial charge in [-0.15, -0.1) is 0 Å². The molecule has 1 saturated heterocycles. The van der Waals surface area contributed by atoms with Crippen LogP contribution in [0.2, 0.25) is 5.15 Å². The molecular formula is C19H18ClN5O3S2. The summed E-state index contributed by atoms with van der Waals surface area (Å²) < 4.78 is 31.2. The monoisotopic (exact) mass is 463 g/mol. The van der Waals surface area contributed by atoms with Gasteiger partial charge in [0.1, 0.15) is 10.0 Å². The van der Waals surface area contributed by atoms with Crippen LogP contribution in [0.4, 0.5) is 5.13 Å². The van der Waals surface area contributed by atoms with Gasteiger partial charge in [-0.25, -0.2) is 13.4 Å². The Morgan fingerprint density at radius 2 is 1.87 bits per heavy atom. The van der Waals surface area contributed by atoms with Crippen LogP contribution in [-0.2, 0) is 14.8 Å². The molecular weight excluding hydrogens is 446 g/mol. The average molecular weight is 464 g/mol. The molecule has 0 unspecified atom stereocenters. The Morgan fingerprint density at radius 3 is 2.57 bits per heavy atom. The van der Waals surface area contributed by atoms with E-state index in [4.69, 9.17) is 11.6 Å². The van der Waals surface area contributed by atoms with Crippen molar-refractivity contribution in [1.29, 1.82) is 0 Å². The summed E-state index contributed by atoms with van der Waals surface area (Å²) in [5, 5.41) is 3.18. The maximum Gasteiger partial charge on any atom is 0.246 e. The van der Waals surface area contributed by atoms with Crippen LogP contribution in [0.3, 0.4) is 0 Å². The normalized spacial score (nSPS) is 15.8. The fraction of sp³-hybridized carbons (Fsp3) is 0.263. The van der Waals surface area contributed by atoms with E-state index < -0.39 is 10.0 Å². The lowest BCUT2D eigenvalue weighted by atomic mass is 9.97. The molecule has 1 aromatic carbocycles. The van der Waals surface area contributed by atoms with Crippen LogP contribution in [0.5, 0.6) is 0 Å². The van der Waals surface area contributed by atoms with Crippen LogP contribution in [0.1, 0.15) is 12.8 Å². The third kappa shape index (κ3) is 4.36. The molecule has 3 heterocycles. The number of sulfonamides is 1. The topological polar surface area (TPSA) is 105 Å². The van der Waals surface area contributed by atoms with Crippen molar-refractivity contribution in [1.82, 2.24) is 18.6 Å². The van der Waals surface area contributed by atoms with E-state index in [9.17, 15) is 13.2 Å². The molecule has 3 aromatic rings. The van der Waals surface area contributed by atoms with E-state index in [1.54, 1.807) is 0 Å². The standard InChI is InChI=1S/C19H18ClN5O3S2/c20-16-15(7-4-10-21-16)30(27,28)25-11-8-14(9-12-25)18(26)23-19-22-17(24-29-19)13-5-2-1-3-6-13/h1-7,10,14H,8-9,11-12H2,(H,22,23,24,26). The molecule has 0 aliphatic carbocycles. The van der Waals surface area contributed by atoms with E-state index in [2.05, 4.69) is 19.7 Å². The highest BCUT2D eigenvalue weighted by Gasteiger charge is 2.33. The van der Waals surface area contributed by atoms with Crippen molar-refractivity contribution in [3.05, 3.63) is 53.8 Å². The largest absolute Gasteiger partial charge is 0.300 e. The summed E-state index contributed by atoms with van der Waals surface area (Å²) in [5.41, 5.74) is 0.877. The number of hydrogen-bond acceptors (Lipinski definition) is 7. The third-order valence-corrected chi connectivity index (χ3v) is 7.83. The molecule has 0 spiro atoms. The first kappa shape index (κ1) is 20.9. The summed E-state index contributed by atoms with van der Waals surface area (Å²) in [6.45, 7) is 0.466. The first-order valence-electron chi connectivity index (χ1n) is 9.26. The Kier molecular flexibility index (Phi) is 6.09. The first-order chi connectivity index (χ1) is 14.4. The summed E-state index contributed by atoms with van der Waals surface area (Å²) in [5.74, 6) is 0.0808. The lowest BCUT2D eigenvalue weighted by Gasteiger charge is -2.30. The van der Waals surface area contributed by atoms with Crippen LogP contribution in [0.25, 0.3) is 11.4 Å². The van der Waals surface area contributed by atoms with Crippen molar-refractivity contribution in [2.45, 2.75) is 17.7 Å². The molecule has 30 heavy (non-hydrogen) atoms. The number of hydrogen-bond donors (Lipinski definition) is 1. The van der Waals surface area contributed by atoms with Gasteiger partial charge < -0.3 is 5.32 Å². The van der Waals surface area contributed by atoms with Crippen molar-refractivity contribution in [3.63, 3.8) is 0 Å². The summed E-state index contributed by atoms with van der Waals surface area (Å²) >= 11 is 7.07. The molecule has 4 rings (SSSR count). The Hall–Kier alpha value is -2.40. The molecule has 8 nitrogen and oxygen atoms in total. The fourth-order valence-electron chi connectivity index (χ4n) is 3.25. The van der Waals surface area contributed by atoms with Gasteiger partial charge in [0.15, 0.2) is 5.82 Å². The number of amides is 1. The highest BCUT2D eigenvalue weighted by molar-refractivity contribution is 7.89. The van der Waals surface area contributed by atoms with E-state index in [0.29, 0.717) is 23.8 Å². The molecule has 0 saturated carbocycles. The molecule has 0 atom stereocenters. The van der Waals surface area contributed by atoms with Crippen molar-refractivity contribution in [3.8, 4) is 11.4 Å². The third-order valence-electron chi connectivity index (χ3n) is 4.86. The number of carbonyl (C=O) groups is 1. The minimum absolute atomic E-state index is 0.0168. The van der Waals surface area contributed by atoms with Gasteiger partial charge in [-0.05, 0) is 25.0 Å². The zero-order valence-electron chi connectivity index (χ0n) is 15.7. The second-order valence-electron chi connectivity index (χ2n) is 6.75. The molecule has 11 heteroatoms. The molecule has 156 valence electrons. The Bertz CT molecular complexity index is 1150. The SMILES string of the molecule is O=C(Nc1nc(-c2ccccc2)ns1)C1CCN(S(=O)(=O)c2cccnc2Cl)CC1. The zero-order valence-corrected chi connectivity index (χ0v) is 18.1. The van der Waals surface area contributed by atoms with Crippen LogP contribution in [0.15, 0.2) is 53.6 Å². The highest BCUT2D eigenvalue weighted by atomic mass is 35.5. The lowest BCUT2D eigenvalue weighted by Crippen LogP contribution is -2.41. The second kappa shape index (κ2) is 8.76. The quantitative estimate of drug-likeness (QED) is 0.582. The number of anilines is 1. The summed E-state index contributed by atoms with van der Waals surface area (Å²) in [6.07, 6.45) is 2.26. The zero-order chi connectivity index (χ0) is 21.1. The first-order valence-corrected chi connectivity index (χ1v) is 11.8. The molecule has 1 N–H and O–H groups in total. The number of rotatable bonds is 5. The fourth-order valence-corrected chi connectivity index (χ4v) is 5.74. The van der Waals surface area contributed by atoms with Gasteiger partial charge >= 0.3 is 0 Å². The Balaban J connectivity index is 1.37. The molecule has 1 aliphatic heterocycles. The maximum atomic E-state index is 12.8. The van der Waals surface area contributed by atoms with Gasteiger partial charge in [0.05, 0.1) is 0 Å². The predicted molar refractivity (Wildman–Crippen MR) is 115 cm³/mol. The van der Waals surface area contributed by atoms with Crippen molar-refractivity contribution in [2.75, 3.05) is 18.4 Å². The van der Waals surface area contributed by atoms with Crippen LogP contribution in [-0.4, -0.2) is 46.1 Å². The van der Waals surface area contributed by atoms with Crippen LogP contribution < -0.4 is 5.32 Å². The molecule has 2 aromatic heterocycles. The lowest BCUT2D eigenvalue weighted by molar-refractivity contribution is -0.120. The number of nitrogens with one attached hydrogen (secondary N) is 1. The number of pyridine rings is 1. The van der Waals surface area contributed by atoms with E-state index in [0.717, 1.165) is 17.1 Å². The Morgan fingerprint density at radius 1 is 1.13 bits per heavy atom. The number of aromatic nitrogens is 3. The number of benzene rings is 1. The molecule has 1 amide bonds. The number of carbonyl (C=O) groups excluding carboxylic acids is 1. The van der Waals surface area contributed by atoms with E-state index in [-0.39, 0.29) is 35.0 Å². The Labute approximate surface area is 183 Å². The van der Waals surface area contributed by atoms with Crippen LogP contribution in [0, 0.1) is 5.92 Å². The number of halogens is 1. The van der Waals surface area contributed by atoms with Gasteiger partial charge in [0.2, 0.25) is 21.1 Å². The average Bonchev–Trinajstić information content (AvgIpc) is 3.23. The molecule has 1 aliphatic rings. The minimum Gasteiger partial charge on any atom is -0.300 e. The summed E-state index contributed by atoms with van der Waals surface area (Å²) in [6, 6.07) is 12.5. The van der Waals surface area contributed by atoms with Crippen LogP contribution >= 0.6 is 23.1 Å². The minimum atomic E-state index is -3.74. The van der Waals surface area contributed by atoms with E-state index >= 15 is 0 Å². The second-order valence-corrected chi connectivity index (χ2v) is 9.77. The van der Waals surface area contributed by atoms with Gasteiger partial charge in [0.25, 0.3) is 0 Å². The number of nitrogens with zero attached hydrogens (tertiary/aromatic N) is 4. The molecule has 0 bridgehead atoms. The van der Waals surface area contributed by atoms with Crippen molar-refractivity contribution >= 4 is 44.2 Å². The molecule has 0 radical (unpaired) electrons. The van der Waals surface area contributed by atoms with E-state index in [1.807, 2.05) is 30.3 Å². The molecule has 1 fully saturated rings. The van der Waals surface area contributed by atoms with Gasteiger partial charge in [-0.2, -0.15) is 13.7 Å². The van der Waals surface area contributed by atoms with Crippen molar-refractivity contribution < 1.29 is 13.2 Å².